The van der Waals surface area contributed by atoms with Gasteiger partial charge in [-0.25, -0.2) is 4.79 Å². The van der Waals surface area contributed by atoms with Crippen LogP contribution in [0.25, 0.3) is 0 Å². The van der Waals surface area contributed by atoms with E-state index in [1.165, 1.54) is 0 Å². The number of alkyl carbamates (subject to hydrolysis) is 1. The number of anilines is 1. The Bertz CT molecular complexity index is 659. The first-order valence-electron chi connectivity index (χ1n) is 9.94. The van der Waals surface area contributed by atoms with Gasteiger partial charge in [0.1, 0.15) is 11.2 Å². The number of esters is 1. The van der Waals surface area contributed by atoms with Gasteiger partial charge < -0.3 is 25.2 Å². The fraction of sp³-hybridized carbons (Fsp3) is 0.636. The molecule has 0 bridgehead atoms. The molecule has 1 aromatic carbocycles. The van der Waals surface area contributed by atoms with Gasteiger partial charge in [0.05, 0.1) is 13.0 Å². The highest BCUT2D eigenvalue weighted by molar-refractivity contribution is 5.73. The summed E-state index contributed by atoms with van der Waals surface area (Å²) >= 11 is 0. The number of benzene rings is 1. The van der Waals surface area contributed by atoms with Gasteiger partial charge in [-0.1, -0.05) is 6.07 Å². The second-order valence-corrected chi connectivity index (χ2v) is 9.13. The third-order valence-corrected chi connectivity index (χ3v) is 3.81. The maximum atomic E-state index is 12.4. The summed E-state index contributed by atoms with van der Waals surface area (Å²) in [6, 6.07) is 5.38. The van der Waals surface area contributed by atoms with Crippen LogP contribution >= 0.6 is 0 Å². The van der Waals surface area contributed by atoms with Crippen LogP contribution in [-0.2, 0) is 20.7 Å². The third-order valence-electron chi connectivity index (χ3n) is 3.81. The number of aliphatic hydroxyl groups is 1. The number of carbonyl (C=O) groups is 2. The van der Waals surface area contributed by atoms with Crippen LogP contribution in [0.3, 0.4) is 0 Å². The number of aliphatic hydroxyl groups excluding tert-OH is 1. The molecule has 0 aromatic heterocycles. The molecule has 1 aromatic rings. The summed E-state index contributed by atoms with van der Waals surface area (Å²) in [5.41, 5.74) is 1.66. The molecule has 3 N–H and O–H groups in total. The highest BCUT2D eigenvalue weighted by Crippen LogP contribution is 2.19. The molecule has 0 aliphatic heterocycles. The lowest BCUT2D eigenvalue weighted by atomic mass is 9.98. The number of aryl methyl sites for hydroxylation is 1. The van der Waals surface area contributed by atoms with Crippen LogP contribution in [-0.4, -0.2) is 47.6 Å². The van der Waals surface area contributed by atoms with E-state index >= 15 is 0 Å². The molecule has 0 fully saturated rings. The molecule has 29 heavy (non-hydrogen) atoms. The second kappa shape index (κ2) is 10.5. The van der Waals surface area contributed by atoms with Crippen molar-refractivity contribution in [1.82, 2.24) is 5.32 Å². The van der Waals surface area contributed by atoms with Crippen molar-refractivity contribution in [2.24, 2.45) is 0 Å². The standard InChI is InChI=1S/C22H36N2O5/c1-15-8-9-17(23-10-11-25)12-16(15)13-18(14-19(26)28-21(2,3)4)24-20(27)29-22(5,6)7/h8-9,12,18,23,25H,10-11,13-14H2,1-7H3,(H,24,27)/t18-/m0/s1. The number of rotatable bonds is 8. The summed E-state index contributed by atoms with van der Waals surface area (Å²) in [6.45, 7) is 13.2. The van der Waals surface area contributed by atoms with E-state index in [1.807, 2.05) is 45.9 Å². The van der Waals surface area contributed by atoms with Gasteiger partial charge in [-0.15, -0.1) is 0 Å². The van der Waals surface area contributed by atoms with Crippen LogP contribution < -0.4 is 10.6 Å². The predicted molar refractivity (Wildman–Crippen MR) is 114 cm³/mol. The van der Waals surface area contributed by atoms with E-state index < -0.39 is 23.3 Å². The Morgan fingerprint density at radius 2 is 1.69 bits per heavy atom. The fourth-order valence-corrected chi connectivity index (χ4v) is 2.70. The predicted octanol–water partition coefficient (Wildman–Crippen LogP) is 3.57. The quantitative estimate of drug-likeness (QED) is 0.569. The van der Waals surface area contributed by atoms with Crippen molar-refractivity contribution in [1.29, 1.82) is 0 Å². The van der Waals surface area contributed by atoms with Crippen molar-refractivity contribution in [3.8, 4) is 0 Å². The second-order valence-electron chi connectivity index (χ2n) is 9.13. The van der Waals surface area contributed by atoms with Gasteiger partial charge in [0, 0.05) is 18.3 Å². The SMILES string of the molecule is Cc1ccc(NCCO)cc1C[C@@H](CC(=O)OC(C)(C)C)NC(=O)OC(C)(C)C. The summed E-state index contributed by atoms with van der Waals surface area (Å²) in [6.07, 6.45) is -0.0956. The number of hydrogen-bond acceptors (Lipinski definition) is 6. The molecular formula is C22H36N2O5. The zero-order valence-electron chi connectivity index (χ0n) is 18.7. The molecule has 1 atom stereocenters. The molecule has 7 heteroatoms. The Kier molecular flexibility index (Phi) is 8.95. The van der Waals surface area contributed by atoms with Crippen LogP contribution in [0.1, 0.15) is 59.1 Å². The fourth-order valence-electron chi connectivity index (χ4n) is 2.70. The number of amides is 1. The highest BCUT2D eigenvalue weighted by atomic mass is 16.6. The van der Waals surface area contributed by atoms with Crippen molar-refractivity contribution >= 4 is 17.7 Å². The summed E-state index contributed by atoms with van der Waals surface area (Å²) in [4.78, 5) is 24.7. The van der Waals surface area contributed by atoms with Crippen molar-refractivity contribution in [2.75, 3.05) is 18.5 Å². The normalized spacial score (nSPS) is 12.8. The zero-order valence-corrected chi connectivity index (χ0v) is 18.7. The van der Waals surface area contributed by atoms with Gasteiger partial charge in [0.15, 0.2) is 0 Å². The first-order chi connectivity index (χ1) is 13.3. The minimum atomic E-state index is -0.634. The third kappa shape index (κ3) is 10.7. The maximum absolute atomic E-state index is 12.4. The maximum Gasteiger partial charge on any atom is 0.407 e. The molecule has 0 aliphatic carbocycles. The van der Waals surface area contributed by atoms with E-state index in [-0.39, 0.29) is 19.0 Å². The van der Waals surface area contributed by atoms with Gasteiger partial charge >= 0.3 is 12.1 Å². The van der Waals surface area contributed by atoms with Gasteiger partial charge in [0.25, 0.3) is 0 Å². The smallest absolute Gasteiger partial charge is 0.407 e. The monoisotopic (exact) mass is 408 g/mol. The van der Waals surface area contributed by atoms with Gasteiger partial charge in [0.2, 0.25) is 0 Å². The number of ether oxygens (including phenoxy) is 2. The van der Waals surface area contributed by atoms with Gasteiger partial charge in [-0.3, -0.25) is 4.79 Å². The van der Waals surface area contributed by atoms with E-state index in [0.717, 1.165) is 16.8 Å². The number of nitrogens with one attached hydrogen (secondary N) is 2. The summed E-state index contributed by atoms with van der Waals surface area (Å²) in [5, 5.41) is 14.9. The van der Waals surface area contributed by atoms with Crippen LogP contribution in [0.15, 0.2) is 18.2 Å². The molecule has 1 amide bonds. The van der Waals surface area contributed by atoms with Crippen LogP contribution in [0, 0.1) is 6.92 Å². The van der Waals surface area contributed by atoms with Crippen LogP contribution in [0.2, 0.25) is 0 Å². The zero-order chi connectivity index (χ0) is 22.2. The molecule has 0 saturated heterocycles. The summed E-state index contributed by atoms with van der Waals surface area (Å²) < 4.78 is 10.8. The van der Waals surface area contributed by atoms with Crippen LogP contribution in [0.5, 0.6) is 0 Å². The van der Waals surface area contributed by atoms with Crippen molar-refractivity contribution in [3.63, 3.8) is 0 Å². The Hall–Kier alpha value is -2.28. The molecule has 0 aliphatic rings. The Morgan fingerprint density at radius 3 is 2.24 bits per heavy atom. The van der Waals surface area contributed by atoms with Crippen molar-refractivity contribution < 1.29 is 24.2 Å². The van der Waals surface area contributed by atoms with E-state index in [4.69, 9.17) is 14.6 Å². The van der Waals surface area contributed by atoms with Gasteiger partial charge in [-0.2, -0.15) is 0 Å². The van der Waals surface area contributed by atoms with E-state index in [9.17, 15) is 9.59 Å². The van der Waals surface area contributed by atoms with E-state index in [0.29, 0.717) is 13.0 Å². The van der Waals surface area contributed by atoms with E-state index in [1.54, 1.807) is 20.8 Å². The number of hydrogen-bond donors (Lipinski definition) is 3. The molecule has 0 saturated carbocycles. The molecule has 0 unspecified atom stereocenters. The number of carbonyl (C=O) groups excluding carboxylic acids is 2. The Morgan fingerprint density at radius 1 is 1.07 bits per heavy atom. The Balaban J connectivity index is 2.98. The molecule has 164 valence electrons. The average molecular weight is 409 g/mol. The first-order valence-corrected chi connectivity index (χ1v) is 9.94. The van der Waals surface area contributed by atoms with Crippen LogP contribution in [0.4, 0.5) is 10.5 Å². The van der Waals surface area contributed by atoms with Crippen molar-refractivity contribution in [2.45, 2.75) is 78.6 Å². The molecule has 0 heterocycles. The lowest BCUT2D eigenvalue weighted by molar-refractivity contribution is -0.155. The molecule has 7 nitrogen and oxygen atoms in total. The highest BCUT2D eigenvalue weighted by Gasteiger charge is 2.25. The molecule has 0 spiro atoms. The largest absolute Gasteiger partial charge is 0.460 e. The van der Waals surface area contributed by atoms with E-state index in [2.05, 4.69) is 10.6 Å². The molecular weight excluding hydrogens is 372 g/mol. The molecule has 1 rings (SSSR count). The van der Waals surface area contributed by atoms with Gasteiger partial charge in [-0.05, 0) is 78.1 Å². The summed E-state index contributed by atoms with van der Waals surface area (Å²) in [7, 11) is 0. The lowest BCUT2D eigenvalue weighted by Gasteiger charge is -2.25. The molecule has 0 radical (unpaired) electrons. The van der Waals surface area contributed by atoms with Crippen molar-refractivity contribution in [3.05, 3.63) is 29.3 Å². The topological polar surface area (TPSA) is 96.9 Å². The summed E-state index contributed by atoms with van der Waals surface area (Å²) in [5.74, 6) is -0.384. The Labute approximate surface area is 174 Å². The minimum absolute atomic E-state index is 0.0320. The minimum Gasteiger partial charge on any atom is -0.460 e. The lowest BCUT2D eigenvalue weighted by Crippen LogP contribution is -2.42. The average Bonchev–Trinajstić information content (AvgIpc) is 2.51. The first kappa shape index (κ1) is 24.8.